The molecule has 0 radical (unpaired) electrons. The molecule has 4 rings (SSSR count). The normalized spacial score (nSPS) is 10.8. The van der Waals surface area contributed by atoms with Gasteiger partial charge < -0.3 is 4.85 Å². The van der Waals surface area contributed by atoms with Crippen molar-refractivity contribution in [3.05, 3.63) is 78.3 Å². The molecule has 0 saturated carbocycles. The van der Waals surface area contributed by atoms with E-state index in [0.717, 1.165) is 33.7 Å². The van der Waals surface area contributed by atoms with E-state index in [1.807, 2.05) is 25.3 Å². The number of aromatic amines is 1. The van der Waals surface area contributed by atoms with Crippen molar-refractivity contribution in [1.82, 2.24) is 19.6 Å². The van der Waals surface area contributed by atoms with Crippen LogP contribution in [0.2, 0.25) is 0 Å². The first kappa shape index (κ1) is 15.8. The van der Waals surface area contributed by atoms with Gasteiger partial charge in [-0.1, -0.05) is 13.2 Å². The third-order valence-electron chi connectivity index (χ3n) is 4.19. The van der Waals surface area contributed by atoms with E-state index in [9.17, 15) is 4.39 Å². The van der Waals surface area contributed by atoms with E-state index in [4.69, 9.17) is 6.57 Å². The van der Waals surface area contributed by atoms with Crippen molar-refractivity contribution in [3.63, 3.8) is 0 Å². The maximum atomic E-state index is 13.3. The number of fused-ring (bicyclic) bond motifs is 1. The minimum absolute atomic E-state index is 0.295. The van der Waals surface area contributed by atoms with Gasteiger partial charge in [0, 0.05) is 22.8 Å². The van der Waals surface area contributed by atoms with Gasteiger partial charge in [-0.25, -0.2) is 13.8 Å². The molecule has 3 aromatic heterocycles. The van der Waals surface area contributed by atoms with Crippen LogP contribution in [-0.4, -0.2) is 19.6 Å². The topological polar surface area (TPSA) is 50.3 Å². The molecule has 0 aliphatic carbocycles. The number of rotatable bonds is 3. The van der Waals surface area contributed by atoms with Crippen LogP contribution in [0.25, 0.3) is 38.4 Å². The summed E-state index contributed by atoms with van der Waals surface area (Å²) in [6.45, 7) is 13.2. The molecule has 1 N–H and O–H groups in total. The van der Waals surface area contributed by atoms with Crippen molar-refractivity contribution in [3.8, 4) is 22.4 Å². The fourth-order valence-corrected chi connectivity index (χ4v) is 2.96. The fourth-order valence-electron chi connectivity index (χ4n) is 2.96. The highest BCUT2D eigenvalue weighted by Gasteiger charge is 2.19. The fraction of sp³-hybridized carbons (Fsp3) is 0.0500. The molecular formula is C20H14FN5. The Labute approximate surface area is 149 Å². The molecule has 26 heavy (non-hydrogen) atoms. The second-order valence-electron chi connectivity index (χ2n) is 5.98. The predicted octanol–water partition coefficient (Wildman–Crippen LogP) is 5.11. The molecule has 6 heteroatoms. The van der Waals surface area contributed by atoms with Gasteiger partial charge in [0.15, 0.2) is 0 Å². The van der Waals surface area contributed by atoms with Crippen molar-refractivity contribution in [2.45, 2.75) is 6.92 Å². The Morgan fingerprint density at radius 3 is 2.62 bits per heavy atom. The third-order valence-corrected chi connectivity index (χ3v) is 4.19. The van der Waals surface area contributed by atoms with Crippen LogP contribution in [0.5, 0.6) is 0 Å². The van der Waals surface area contributed by atoms with Crippen LogP contribution in [0, 0.1) is 12.4 Å². The molecule has 1 aromatic carbocycles. The summed E-state index contributed by atoms with van der Waals surface area (Å²) in [6, 6.07) is 10.0. The highest BCUT2D eigenvalue weighted by molar-refractivity contribution is 5.88. The van der Waals surface area contributed by atoms with E-state index in [0.29, 0.717) is 11.5 Å². The van der Waals surface area contributed by atoms with Crippen molar-refractivity contribution in [2.24, 2.45) is 0 Å². The van der Waals surface area contributed by atoms with Gasteiger partial charge in [0.1, 0.15) is 5.82 Å². The first-order chi connectivity index (χ1) is 12.6. The lowest BCUT2D eigenvalue weighted by molar-refractivity contribution is 0.628. The molecule has 0 spiro atoms. The van der Waals surface area contributed by atoms with Gasteiger partial charge in [0.25, 0.3) is 5.82 Å². The molecule has 3 heterocycles. The highest BCUT2D eigenvalue weighted by Crippen LogP contribution is 2.36. The molecule has 0 atom stereocenters. The number of allylic oxidation sites excluding steroid dienone is 1. The van der Waals surface area contributed by atoms with Crippen LogP contribution in [-0.2, 0) is 0 Å². The molecule has 5 nitrogen and oxygen atoms in total. The number of hydrogen-bond acceptors (Lipinski definition) is 2. The first-order valence-corrected chi connectivity index (χ1v) is 7.93. The van der Waals surface area contributed by atoms with Gasteiger partial charge in [-0.05, 0) is 42.8 Å². The maximum Gasteiger partial charge on any atom is 0.254 e. The number of hydrogen-bond donors (Lipinski definition) is 1. The Balaban J connectivity index is 1.98. The van der Waals surface area contributed by atoms with Gasteiger partial charge in [0.2, 0.25) is 5.65 Å². The number of imidazole rings is 1. The average Bonchev–Trinajstić information content (AvgIpc) is 3.25. The summed E-state index contributed by atoms with van der Waals surface area (Å²) >= 11 is 0. The van der Waals surface area contributed by atoms with Crippen molar-refractivity contribution < 1.29 is 4.39 Å². The molecular weight excluding hydrogens is 329 g/mol. The third kappa shape index (κ3) is 2.47. The number of nitrogens with one attached hydrogen (secondary N) is 1. The second-order valence-corrected chi connectivity index (χ2v) is 5.98. The lowest BCUT2D eigenvalue weighted by Crippen LogP contribution is -1.90. The number of aromatic nitrogens is 4. The molecule has 0 unspecified atom stereocenters. The highest BCUT2D eigenvalue weighted by atomic mass is 19.1. The second kappa shape index (κ2) is 5.97. The Hall–Kier alpha value is -3.72. The van der Waals surface area contributed by atoms with Crippen molar-refractivity contribution in [2.75, 3.05) is 0 Å². The van der Waals surface area contributed by atoms with Gasteiger partial charge in [-0.15, -0.1) is 0 Å². The smallest absolute Gasteiger partial charge is 0.254 e. The van der Waals surface area contributed by atoms with Crippen LogP contribution in [0.4, 0.5) is 10.2 Å². The van der Waals surface area contributed by atoms with Gasteiger partial charge in [-0.2, -0.15) is 5.10 Å². The molecule has 0 saturated heterocycles. The number of nitrogens with zero attached hydrogens (tertiary/aromatic N) is 4. The zero-order valence-electron chi connectivity index (χ0n) is 14.0. The van der Waals surface area contributed by atoms with E-state index in [-0.39, 0.29) is 5.82 Å². The molecule has 0 bridgehead atoms. The Morgan fingerprint density at radius 2 is 1.92 bits per heavy atom. The van der Waals surface area contributed by atoms with Crippen LogP contribution in [0.15, 0.2) is 55.4 Å². The number of pyridine rings is 1. The summed E-state index contributed by atoms with van der Waals surface area (Å²) in [5.74, 6) is 0.141. The van der Waals surface area contributed by atoms with E-state index >= 15 is 0 Å². The van der Waals surface area contributed by atoms with Crippen molar-refractivity contribution in [1.29, 1.82) is 0 Å². The molecule has 0 amide bonds. The summed E-state index contributed by atoms with van der Waals surface area (Å²) in [4.78, 5) is 7.72. The molecule has 126 valence electrons. The molecule has 0 fully saturated rings. The van der Waals surface area contributed by atoms with Crippen LogP contribution < -0.4 is 0 Å². The van der Waals surface area contributed by atoms with E-state index in [1.54, 1.807) is 22.7 Å². The van der Waals surface area contributed by atoms with Gasteiger partial charge >= 0.3 is 0 Å². The number of H-pyrrole nitrogens is 1. The minimum Gasteiger partial charge on any atom is -0.362 e. The summed E-state index contributed by atoms with van der Waals surface area (Å²) in [7, 11) is 0. The van der Waals surface area contributed by atoms with Crippen LogP contribution in [0.3, 0.4) is 0 Å². The first-order valence-electron chi connectivity index (χ1n) is 7.93. The Bertz CT molecular complexity index is 1180. The summed E-state index contributed by atoms with van der Waals surface area (Å²) in [5.41, 5.74) is 5.55. The van der Waals surface area contributed by atoms with E-state index < -0.39 is 0 Å². The SMILES string of the molecule is [C-]#[N+]c1cnc2ccc(-c3c(C(=C)C)n[nH]c3-c3ccc(F)cc3)cn12. The van der Waals surface area contributed by atoms with Gasteiger partial charge in [-0.3, -0.25) is 5.10 Å². The van der Waals surface area contributed by atoms with Crippen LogP contribution >= 0.6 is 0 Å². The lowest BCUT2D eigenvalue weighted by Gasteiger charge is -2.07. The Kier molecular flexibility index (Phi) is 3.63. The number of benzene rings is 1. The van der Waals surface area contributed by atoms with Crippen molar-refractivity contribution >= 4 is 17.0 Å². The zero-order valence-corrected chi connectivity index (χ0v) is 14.0. The summed E-state index contributed by atoms with van der Waals surface area (Å²) in [6.07, 6.45) is 3.40. The summed E-state index contributed by atoms with van der Waals surface area (Å²) in [5, 5.41) is 7.44. The molecule has 0 aliphatic rings. The minimum atomic E-state index is -0.295. The van der Waals surface area contributed by atoms with Crippen LogP contribution in [0.1, 0.15) is 12.6 Å². The van der Waals surface area contributed by atoms with Gasteiger partial charge in [0.05, 0.1) is 23.8 Å². The quantitative estimate of drug-likeness (QED) is 0.525. The van der Waals surface area contributed by atoms with E-state index in [2.05, 4.69) is 26.6 Å². The standard InChI is InChI=1S/C20H14FN5/c1-12(2)19-18(20(25-24-19)13-4-7-15(21)8-5-13)14-6-9-16-23-10-17(22-3)26(16)11-14/h4-11H,1H2,2H3,(H,24,25). The summed E-state index contributed by atoms with van der Waals surface area (Å²) < 4.78 is 15.0. The Morgan fingerprint density at radius 1 is 1.19 bits per heavy atom. The molecule has 0 aliphatic heterocycles. The monoisotopic (exact) mass is 343 g/mol. The average molecular weight is 343 g/mol. The zero-order chi connectivity index (χ0) is 18.3. The maximum absolute atomic E-state index is 13.3. The molecule has 4 aromatic rings. The van der Waals surface area contributed by atoms with E-state index in [1.165, 1.54) is 12.1 Å². The lowest BCUT2D eigenvalue weighted by atomic mass is 9.98. The largest absolute Gasteiger partial charge is 0.362 e. The number of halogens is 1. The predicted molar refractivity (Wildman–Crippen MR) is 99.1 cm³/mol.